The number of aromatic nitrogens is 2. The third-order valence-electron chi connectivity index (χ3n) is 5.08. The second-order valence-electron chi connectivity index (χ2n) is 7.79. The Morgan fingerprint density at radius 2 is 1.55 bits per heavy atom. The summed E-state index contributed by atoms with van der Waals surface area (Å²) in [7, 11) is -3.82. The Bertz CT molecular complexity index is 1130. The first-order chi connectivity index (χ1) is 13.8. The van der Waals surface area contributed by atoms with E-state index in [0.717, 1.165) is 25.0 Å². The minimum Gasteiger partial charge on any atom is -0.353 e. The maximum atomic E-state index is 13.0. The molecule has 6 nitrogen and oxygen atoms in total. The van der Waals surface area contributed by atoms with Crippen LogP contribution in [0.5, 0.6) is 0 Å². The summed E-state index contributed by atoms with van der Waals surface area (Å²) < 4.78 is 28.6. The molecule has 1 saturated heterocycles. The van der Waals surface area contributed by atoms with Gasteiger partial charge in [0, 0.05) is 18.1 Å². The summed E-state index contributed by atoms with van der Waals surface area (Å²) in [6.07, 6.45) is 1.14. The molecule has 0 amide bonds. The van der Waals surface area contributed by atoms with Crippen LogP contribution in [0.25, 0.3) is 11.0 Å². The molecule has 0 bridgehead atoms. The number of hydrogen-bond donors (Lipinski definition) is 1. The van der Waals surface area contributed by atoms with Crippen molar-refractivity contribution < 1.29 is 8.42 Å². The number of nitrogens with one attached hydrogen (secondary N) is 1. The van der Waals surface area contributed by atoms with Crippen molar-refractivity contribution in [3.8, 4) is 0 Å². The van der Waals surface area contributed by atoms with Crippen molar-refractivity contribution in [1.82, 2.24) is 9.97 Å². The second kappa shape index (κ2) is 7.80. The quantitative estimate of drug-likeness (QED) is 0.656. The lowest BCUT2D eigenvalue weighted by atomic mass is 9.92. The molecule has 0 spiro atoms. The Morgan fingerprint density at radius 1 is 0.966 bits per heavy atom. The fourth-order valence-electron chi connectivity index (χ4n) is 3.92. The van der Waals surface area contributed by atoms with Crippen molar-refractivity contribution in [3.63, 3.8) is 0 Å². The van der Waals surface area contributed by atoms with Crippen LogP contribution in [-0.4, -0.2) is 31.5 Å². The molecule has 4 rings (SSSR count). The predicted molar refractivity (Wildman–Crippen MR) is 117 cm³/mol. The Hall–Kier alpha value is -2.38. The molecular weight excluding hydrogens is 408 g/mol. The van der Waals surface area contributed by atoms with Gasteiger partial charge < -0.3 is 4.90 Å². The van der Waals surface area contributed by atoms with E-state index in [1.807, 2.05) is 24.3 Å². The summed E-state index contributed by atoms with van der Waals surface area (Å²) in [5.41, 5.74) is 1.38. The third kappa shape index (κ3) is 4.31. The van der Waals surface area contributed by atoms with Crippen LogP contribution in [0.1, 0.15) is 20.3 Å². The zero-order chi connectivity index (χ0) is 20.6. The average Bonchev–Trinajstić information content (AvgIpc) is 2.66. The van der Waals surface area contributed by atoms with Gasteiger partial charge in [-0.25, -0.2) is 18.4 Å². The molecule has 1 fully saturated rings. The minimum absolute atomic E-state index is 0.128. The van der Waals surface area contributed by atoms with E-state index in [2.05, 4.69) is 28.5 Å². The van der Waals surface area contributed by atoms with Crippen molar-refractivity contribution in [2.24, 2.45) is 11.8 Å². The van der Waals surface area contributed by atoms with Crippen molar-refractivity contribution in [2.45, 2.75) is 25.2 Å². The molecule has 1 aliphatic heterocycles. The van der Waals surface area contributed by atoms with E-state index in [9.17, 15) is 8.42 Å². The van der Waals surface area contributed by atoms with Gasteiger partial charge in [-0.1, -0.05) is 37.6 Å². The SMILES string of the molecule is C[C@@H]1C[C@H](C)CN(c2nc3ccccc3nc2NS(=O)(=O)c2ccc(Cl)cc2)C1. The van der Waals surface area contributed by atoms with E-state index in [4.69, 9.17) is 16.6 Å². The summed E-state index contributed by atoms with van der Waals surface area (Å²) in [5, 5.41) is 0.478. The first kappa shape index (κ1) is 19.9. The van der Waals surface area contributed by atoms with Gasteiger partial charge in [0.05, 0.1) is 15.9 Å². The number of fused-ring (bicyclic) bond motifs is 1. The average molecular weight is 431 g/mol. The van der Waals surface area contributed by atoms with Gasteiger partial charge in [0.1, 0.15) is 0 Å². The molecular formula is C21H23ClN4O2S. The van der Waals surface area contributed by atoms with Crippen LogP contribution >= 0.6 is 11.6 Å². The topological polar surface area (TPSA) is 75.2 Å². The Labute approximate surface area is 176 Å². The smallest absolute Gasteiger partial charge is 0.263 e. The lowest BCUT2D eigenvalue weighted by Gasteiger charge is -2.36. The monoisotopic (exact) mass is 430 g/mol. The molecule has 0 saturated carbocycles. The van der Waals surface area contributed by atoms with Gasteiger partial charge >= 0.3 is 0 Å². The van der Waals surface area contributed by atoms with Gasteiger partial charge in [-0.15, -0.1) is 0 Å². The molecule has 0 unspecified atom stereocenters. The van der Waals surface area contributed by atoms with Crippen LogP contribution in [0.2, 0.25) is 5.02 Å². The van der Waals surface area contributed by atoms with E-state index in [1.54, 1.807) is 12.1 Å². The predicted octanol–water partition coefficient (Wildman–Crippen LogP) is 4.57. The molecule has 2 heterocycles. The zero-order valence-electron chi connectivity index (χ0n) is 16.3. The highest BCUT2D eigenvalue weighted by Crippen LogP contribution is 2.32. The van der Waals surface area contributed by atoms with Gasteiger partial charge in [0.2, 0.25) is 0 Å². The largest absolute Gasteiger partial charge is 0.353 e. The van der Waals surface area contributed by atoms with E-state index < -0.39 is 10.0 Å². The first-order valence-corrected chi connectivity index (χ1v) is 11.5. The normalized spacial score (nSPS) is 20.0. The number of hydrogen-bond acceptors (Lipinski definition) is 5. The van der Waals surface area contributed by atoms with Gasteiger partial charge in [0.15, 0.2) is 11.6 Å². The maximum absolute atomic E-state index is 13.0. The lowest BCUT2D eigenvalue weighted by Crippen LogP contribution is -2.39. The molecule has 152 valence electrons. The van der Waals surface area contributed by atoms with Gasteiger partial charge in [0.25, 0.3) is 10.0 Å². The van der Waals surface area contributed by atoms with Gasteiger partial charge in [-0.05, 0) is 54.7 Å². The summed E-state index contributed by atoms with van der Waals surface area (Å²) in [5.74, 6) is 1.81. The number of rotatable bonds is 4. The molecule has 2 aromatic carbocycles. The standard InChI is InChI=1S/C21H23ClN4O2S/c1-14-11-15(2)13-26(12-14)21-20(23-18-5-3-4-6-19(18)24-21)25-29(27,28)17-9-7-16(22)8-10-17/h3-10,14-15H,11-13H2,1-2H3,(H,23,25)/t14-,15+. The summed E-state index contributed by atoms with van der Waals surface area (Å²) in [6.45, 7) is 6.03. The van der Waals surface area contributed by atoms with Crippen molar-refractivity contribution in [2.75, 3.05) is 22.7 Å². The molecule has 1 N–H and O–H groups in total. The van der Waals surface area contributed by atoms with Crippen LogP contribution in [0.15, 0.2) is 53.4 Å². The highest BCUT2D eigenvalue weighted by atomic mass is 35.5. The summed E-state index contributed by atoms with van der Waals surface area (Å²) in [4.78, 5) is 11.6. The first-order valence-electron chi connectivity index (χ1n) is 9.62. The van der Waals surface area contributed by atoms with Crippen molar-refractivity contribution >= 4 is 44.3 Å². The fourth-order valence-corrected chi connectivity index (χ4v) is 5.05. The zero-order valence-corrected chi connectivity index (χ0v) is 17.9. The molecule has 29 heavy (non-hydrogen) atoms. The number of nitrogens with zero attached hydrogens (tertiary/aromatic N) is 3. The number of benzene rings is 2. The number of sulfonamides is 1. The highest BCUT2D eigenvalue weighted by molar-refractivity contribution is 7.92. The molecule has 2 atom stereocenters. The van der Waals surface area contributed by atoms with E-state index in [0.29, 0.717) is 28.2 Å². The summed E-state index contributed by atoms with van der Waals surface area (Å²) in [6, 6.07) is 13.5. The van der Waals surface area contributed by atoms with Crippen LogP contribution in [0, 0.1) is 11.8 Å². The van der Waals surface area contributed by atoms with Crippen LogP contribution in [0.3, 0.4) is 0 Å². The number of halogens is 1. The Balaban J connectivity index is 1.78. The molecule has 0 radical (unpaired) electrons. The second-order valence-corrected chi connectivity index (χ2v) is 9.91. The van der Waals surface area contributed by atoms with E-state index >= 15 is 0 Å². The summed E-state index contributed by atoms with van der Waals surface area (Å²) >= 11 is 5.90. The lowest BCUT2D eigenvalue weighted by molar-refractivity contribution is 0.355. The fraction of sp³-hybridized carbons (Fsp3) is 0.333. The van der Waals surface area contributed by atoms with Crippen LogP contribution in [-0.2, 0) is 10.0 Å². The molecule has 0 aliphatic carbocycles. The number of para-hydroxylation sites is 2. The Kier molecular flexibility index (Phi) is 5.36. The third-order valence-corrected chi connectivity index (χ3v) is 6.68. The van der Waals surface area contributed by atoms with Crippen LogP contribution in [0.4, 0.5) is 11.6 Å². The number of anilines is 2. The van der Waals surface area contributed by atoms with Gasteiger partial charge in [-0.2, -0.15) is 0 Å². The number of piperidine rings is 1. The molecule has 1 aromatic heterocycles. The maximum Gasteiger partial charge on any atom is 0.263 e. The van der Waals surface area contributed by atoms with E-state index in [-0.39, 0.29) is 10.7 Å². The van der Waals surface area contributed by atoms with Gasteiger partial charge in [-0.3, -0.25) is 4.72 Å². The minimum atomic E-state index is -3.82. The van der Waals surface area contributed by atoms with Crippen molar-refractivity contribution in [3.05, 3.63) is 53.6 Å². The van der Waals surface area contributed by atoms with Crippen molar-refractivity contribution in [1.29, 1.82) is 0 Å². The molecule has 1 aliphatic rings. The van der Waals surface area contributed by atoms with Crippen LogP contribution < -0.4 is 9.62 Å². The molecule has 8 heteroatoms. The highest BCUT2D eigenvalue weighted by Gasteiger charge is 2.27. The Morgan fingerprint density at radius 3 is 2.17 bits per heavy atom. The molecule has 3 aromatic rings. The van der Waals surface area contributed by atoms with E-state index in [1.165, 1.54) is 12.1 Å².